The summed E-state index contributed by atoms with van der Waals surface area (Å²) in [6, 6.07) is 72.6. The van der Waals surface area contributed by atoms with Gasteiger partial charge in [0.1, 0.15) is 0 Å². The van der Waals surface area contributed by atoms with Gasteiger partial charge in [0.25, 0.3) is 0 Å². The molecular formula is C50H34N4. The van der Waals surface area contributed by atoms with E-state index < -0.39 is 0 Å². The van der Waals surface area contributed by atoms with Crippen molar-refractivity contribution in [3.8, 4) is 39.3 Å². The molecule has 2 heterocycles. The van der Waals surface area contributed by atoms with E-state index in [1.165, 1.54) is 32.9 Å². The Labute approximate surface area is 313 Å². The minimum absolute atomic E-state index is 0.862. The summed E-state index contributed by atoms with van der Waals surface area (Å²) in [5.41, 5.74) is 14.6. The highest BCUT2D eigenvalue weighted by atomic mass is 15.1. The lowest BCUT2D eigenvalue weighted by Crippen LogP contribution is -2.10. The van der Waals surface area contributed by atoms with Crippen LogP contribution in [0, 0.1) is 0 Å². The number of anilines is 3. The van der Waals surface area contributed by atoms with E-state index in [4.69, 9.17) is 9.97 Å². The fourth-order valence-electron chi connectivity index (χ4n) is 7.60. The molecule has 0 amide bonds. The van der Waals surface area contributed by atoms with Crippen LogP contribution in [0.4, 0.5) is 17.1 Å². The highest BCUT2D eigenvalue weighted by Crippen LogP contribution is 2.39. The fraction of sp³-hybridized carbons (Fsp3) is 0. The van der Waals surface area contributed by atoms with Gasteiger partial charge in [-0.3, -0.25) is 0 Å². The number of benzene rings is 8. The molecule has 0 bridgehead atoms. The van der Waals surface area contributed by atoms with Gasteiger partial charge >= 0.3 is 0 Å². The molecule has 0 spiro atoms. The van der Waals surface area contributed by atoms with Crippen LogP contribution in [-0.2, 0) is 0 Å². The third-order valence-electron chi connectivity index (χ3n) is 10.2. The third kappa shape index (κ3) is 5.58. The molecule has 0 atom stereocenters. The summed E-state index contributed by atoms with van der Waals surface area (Å²) >= 11 is 0. The van der Waals surface area contributed by atoms with Crippen molar-refractivity contribution in [1.82, 2.24) is 14.5 Å². The Kier molecular flexibility index (Phi) is 7.77. The molecule has 2 aromatic heterocycles. The summed E-state index contributed by atoms with van der Waals surface area (Å²) in [5.74, 6) is 0. The molecule has 0 saturated heterocycles. The van der Waals surface area contributed by atoms with E-state index in [1.54, 1.807) is 0 Å². The number of aromatic nitrogens is 3. The van der Waals surface area contributed by atoms with Crippen molar-refractivity contribution in [3.63, 3.8) is 0 Å². The minimum Gasteiger partial charge on any atom is -0.311 e. The summed E-state index contributed by atoms with van der Waals surface area (Å²) in [4.78, 5) is 12.6. The normalized spacial score (nSPS) is 11.3. The second-order valence-corrected chi connectivity index (χ2v) is 13.5. The lowest BCUT2D eigenvalue weighted by Gasteiger charge is -2.26. The summed E-state index contributed by atoms with van der Waals surface area (Å²) in [6.07, 6.45) is 0. The molecule has 0 N–H and O–H groups in total. The van der Waals surface area contributed by atoms with Crippen molar-refractivity contribution >= 4 is 49.9 Å². The summed E-state index contributed by atoms with van der Waals surface area (Å²) < 4.78 is 2.36. The Morgan fingerprint density at radius 3 is 1.20 bits per heavy atom. The van der Waals surface area contributed by atoms with E-state index in [2.05, 4.69) is 173 Å². The Morgan fingerprint density at radius 1 is 0.315 bits per heavy atom. The first kappa shape index (κ1) is 31.4. The Balaban J connectivity index is 1.08. The van der Waals surface area contributed by atoms with Crippen molar-refractivity contribution in [1.29, 1.82) is 0 Å². The Bertz CT molecular complexity index is 2840. The predicted octanol–water partition coefficient (Wildman–Crippen LogP) is 13.2. The summed E-state index contributed by atoms with van der Waals surface area (Å²) in [7, 11) is 0. The van der Waals surface area contributed by atoms with Crippen LogP contribution in [0.3, 0.4) is 0 Å². The number of hydrogen-bond donors (Lipinski definition) is 0. The van der Waals surface area contributed by atoms with Crippen LogP contribution < -0.4 is 4.90 Å². The number of hydrogen-bond acceptors (Lipinski definition) is 3. The fourth-order valence-corrected chi connectivity index (χ4v) is 7.60. The first-order valence-electron chi connectivity index (χ1n) is 18.3. The molecule has 0 radical (unpaired) electrons. The molecule has 0 fully saturated rings. The van der Waals surface area contributed by atoms with Crippen molar-refractivity contribution in [2.24, 2.45) is 0 Å². The monoisotopic (exact) mass is 690 g/mol. The average Bonchev–Trinajstić information content (AvgIpc) is 3.59. The molecule has 254 valence electrons. The van der Waals surface area contributed by atoms with Crippen LogP contribution in [-0.4, -0.2) is 14.5 Å². The molecule has 4 nitrogen and oxygen atoms in total. The number of rotatable bonds is 7. The molecule has 0 aliphatic carbocycles. The van der Waals surface area contributed by atoms with E-state index in [1.807, 2.05) is 42.5 Å². The smallest absolute Gasteiger partial charge is 0.0973 e. The predicted molar refractivity (Wildman–Crippen MR) is 225 cm³/mol. The molecule has 4 heteroatoms. The van der Waals surface area contributed by atoms with Crippen molar-refractivity contribution in [3.05, 3.63) is 206 Å². The minimum atomic E-state index is 0.862. The quantitative estimate of drug-likeness (QED) is 0.167. The summed E-state index contributed by atoms with van der Waals surface area (Å²) in [5, 5.41) is 2.51. The van der Waals surface area contributed by atoms with Crippen LogP contribution in [0.15, 0.2) is 206 Å². The maximum absolute atomic E-state index is 5.15. The highest BCUT2D eigenvalue weighted by molar-refractivity contribution is 6.09. The maximum Gasteiger partial charge on any atom is 0.0973 e. The van der Waals surface area contributed by atoms with Crippen LogP contribution in [0.1, 0.15) is 0 Å². The van der Waals surface area contributed by atoms with Crippen LogP contribution in [0.25, 0.3) is 72.2 Å². The average molecular weight is 691 g/mol. The molecule has 10 aromatic rings. The van der Waals surface area contributed by atoms with Crippen LogP contribution in [0.5, 0.6) is 0 Å². The molecule has 10 rings (SSSR count). The summed E-state index contributed by atoms with van der Waals surface area (Å²) in [6.45, 7) is 0. The molecular weight excluding hydrogens is 657 g/mol. The van der Waals surface area contributed by atoms with Gasteiger partial charge in [-0.1, -0.05) is 133 Å². The zero-order valence-corrected chi connectivity index (χ0v) is 29.4. The number of nitrogens with zero attached hydrogens (tertiary/aromatic N) is 4. The van der Waals surface area contributed by atoms with Gasteiger partial charge in [-0.25, -0.2) is 9.97 Å². The number of para-hydroxylation sites is 4. The van der Waals surface area contributed by atoms with E-state index >= 15 is 0 Å². The van der Waals surface area contributed by atoms with E-state index in [0.29, 0.717) is 0 Å². The Morgan fingerprint density at radius 2 is 0.685 bits per heavy atom. The van der Waals surface area contributed by atoms with Crippen LogP contribution >= 0.6 is 0 Å². The van der Waals surface area contributed by atoms with E-state index in [-0.39, 0.29) is 0 Å². The van der Waals surface area contributed by atoms with Gasteiger partial charge in [-0.2, -0.15) is 0 Å². The van der Waals surface area contributed by atoms with Gasteiger partial charge in [0.2, 0.25) is 0 Å². The third-order valence-corrected chi connectivity index (χ3v) is 10.2. The van der Waals surface area contributed by atoms with Crippen molar-refractivity contribution in [2.75, 3.05) is 4.90 Å². The highest BCUT2D eigenvalue weighted by Gasteiger charge is 2.18. The topological polar surface area (TPSA) is 34.0 Å². The standard InChI is InChI=1S/C50H34N4/c1-3-13-35(14-4-1)36-23-27-39(28-24-36)53(41-31-33-42(34-32-41)54-47-21-11-7-17-43(47)44-18-8-12-22-48(44)54)40-29-25-38(26-30-40)50-49(37-15-5-2-6-16-37)51-45-19-9-10-20-46(45)52-50/h1-34H. The van der Waals surface area contributed by atoms with Gasteiger partial charge in [0.05, 0.1) is 33.5 Å². The maximum atomic E-state index is 5.15. The largest absolute Gasteiger partial charge is 0.311 e. The van der Waals surface area contributed by atoms with Gasteiger partial charge < -0.3 is 9.47 Å². The van der Waals surface area contributed by atoms with Gasteiger partial charge in [-0.15, -0.1) is 0 Å². The van der Waals surface area contributed by atoms with Gasteiger partial charge in [0.15, 0.2) is 0 Å². The van der Waals surface area contributed by atoms with Crippen LogP contribution in [0.2, 0.25) is 0 Å². The molecule has 0 saturated carbocycles. The molecule has 54 heavy (non-hydrogen) atoms. The van der Waals surface area contributed by atoms with Gasteiger partial charge in [0, 0.05) is 44.6 Å². The van der Waals surface area contributed by atoms with Crippen molar-refractivity contribution < 1.29 is 0 Å². The van der Waals surface area contributed by atoms with E-state index in [0.717, 1.165) is 56.3 Å². The second-order valence-electron chi connectivity index (χ2n) is 13.5. The second kappa shape index (κ2) is 13.4. The lowest BCUT2D eigenvalue weighted by atomic mass is 10.0. The zero-order valence-electron chi connectivity index (χ0n) is 29.4. The Hall–Kier alpha value is -7.30. The first-order chi connectivity index (χ1) is 26.8. The SMILES string of the molecule is c1ccc(-c2ccc(N(c3ccc(-c4nc5ccccc5nc4-c4ccccc4)cc3)c3ccc(-n4c5ccccc5c5ccccc54)cc3)cc2)cc1. The van der Waals surface area contributed by atoms with E-state index in [9.17, 15) is 0 Å². The number of fused-ring (bicyclic) bond motifs is 4. The molecule has 0 aliphatic rings. The zero-order chi connectivity index (χ0) is 35.8. The molecule has 0 unspecified atom stereocenters. The van der Waals surface area contributed by atoms with Crippen molar-refractivity contribution in [2.45, 2.75) is 0 Å². The first-order valence-corrected chi connectivity index (χ1v) is 18.3. The lowest BCUT2D eigenvalue weighted by molar-refractivity contribution is 1.17. The molecule has 8 aromatic carbocycles. The van der Waals surface area contributed by atoms with Gasteiger partial charge in [-0.05, 0) is 83.9 Å². The molecule has 0 aliphatic heterocycles.